The summed E-state index contributed by atoms with van der Waals surface area (Å²) < 4.78 is 0. The number of anilines is 1. The standard InChI is InChI=1S/C15H13N3O2/c19-13-8-4-7-12-11(13)9-16-15(17-12)18-14(20)10-5-2-1-3-6-10/h1-3,5-6,9H,4,7-8H2,(H,16,17,18,20). The van der Waals surface area contributed by atoms with Gasteiger partial charge in [-0.2, -0.15) is 0 Å². The first-order valence-electron chi connectivity index (χ1n) is 6.49. The molecule has 1 aromatic heterocycles. The Morgan fingerprint density at radius 1 is 1.15 bits per heavy atom. The molecule has 1 aliphatic carbocycles. The summed E-state index contributed by atoms with van der Waals surface area (Å²) in [4.78, 5) is 32.0. The van der Waals surface area contributed by atoms with Gasteiger partial charge in [0.2, 0.25) is 5.95 Å². The lowest BCUT2D eigenvalue weighted by molar-refractivity contribution is 0.0970. The predicted molar refractivity (Wildman–Crippen MR) is 73.7 cm³/mol. The number of nitrogens with zero attached hydrogens (tertiary/aromatic N) is 2. The number of rotatable bonds is 2. The fourth-order valence-corrected chi connectivity index (χ4v) is 2.22. The van der Waals surface area contributed by atoms with Crippen LogP contribution in [0.25, 0.3) is 0 Å². The second kappa shape index (κ2) is 5.21. The highest BCUT2D eigenvalue weighted by Crippen LogP contribution is 2.19. The number of amides is 1. The summed E-state index contributed by atoms with van der Waals surface area (Å²) in [5.74, 6) is 0.0622. The molecule has 20 heavy (non-hydrogen) atoms. The van der Waals surface area contributed by atoms with Gasteiger partial charge in [0, 0.05) is 18.2 Å². The Hall–Kier alpha value is -2.56. The number of hydrogen-bond donors (Lipinski definition) is 1. The molecule has 0 aliphatic heterocycles. The van der Waals surface area contributed by atoms with Gasteiger partial charge in [0.05, 0.1) is 11.3 Å². The van der Waals surface area contributed by atoms with Crippen LogP contribution >= 0.6 is 0 Å². The van der Waals surface area contributed by atoms with Crippen molar-refractivity contribution in [2.45, 2.75) is 19.3 Å². The maximum atomic E-state index is 12.0. The first-order valence-corrected chi connectivity index (χ1v) is 6.49. The Morgan fingerprint density at radius 2 is 1.95 bits per heavy atom. The SMILES string of the molecule is O=C(Nc1ncc2c(n1)CCCC2=O)c1ccccc1. The van der Waals surface area contributed by atoms with Gasteiger partial charge in [0.15, 0.2) is 5.78 Å². The monoisotopic (exact) mass is 267 g/mol. The molecule has 2 aromatic rings. The van der Waals surface area contributed by atoms with Gasteiger partial charge >= 0.3 is 0 Å². The smallest absolute Gasteiger partial charge is 0.258 e. The number of nitrogens with one attached hydrogen (secondary N) is 1. The average Bonchev–Trinajstić information content (AvgIpc) is 2.48. The van der Waals surface area contributed by atoms with Crippen LogP contribution in [-0.4, -0.2) is 21.7 Å². The average molecular weight is 267 g/mol. The van der Waals surface area contributed by atoms with E-state index in [1.54, 1.807) is 24.3 Å². The van der Waals surface area contributed by atoms with Gasteiger partial charge in [-0.3, -0.25) is 14.9 Å². The number of carbonyl (C=O) groups excluding carboxylic acids is 2. The third-order valence-corrected chi connectivity index (χ3v) is 3.25. The molecule has 5 heteroatoms. The summed E-state index contributed by atoms with van der Waals surface area (Å²) in [6, 6.07) is 8.87. The number of benzene rings is 1. The summed E-state index contributed by atoms with van der Waals surface area (Å²) in [5.41, 5.74) is 1.85. The number of aryl methyl sites for hydroxylation is 1. The van der Waals surface area contributed by atoms with Crippen LogP contribution < -0.4 is 5.32 Å². The fraction of sp³-hybridized carbons (Fsp3) is 0.200. The Labute approximate surface area is 116 Å². The zero-order valence-electron chi connectivity index (χ0n) is 10.8. The molecule has 0 saturated carbocycles. The molecule has 0 unspecified atom stereocenters. The molecule has 1 N–H and O–H groups in total. The molecule has 0 fully saturated rings. The van der Waals surface area contributed by atoms with Crippen molar-refractivity contribution in [3.05, 3.63) is 53.3 Å². The van der Waals surface area contributed by atoms with Crippen LogP contribution in [0, 0.1) is 0 Å². The van der Waals surface area contributed by atoms with Crippen LogP contribution in [0.2, 0.25) is 0 Å². The number of hydrogen-bond acceptors (Lipinski definition) is 4. The molecule has 0 bridgehead atoms. The summed E-state index contributed by atoms with van der Waals surface area (Å²) >= 11 is 0. The molecule has 5 nitrogen and oxygen atoms in total. The van der Waals surface area contributed by atoms with E-state index in [2.05, 4.69) is 15.3 Å². The number of carbonyl (C=O) groups is 2. The van der Waals surface area contributed by atoms with E-state index in [4.69, 9.17) is 0 Å². The largest absolute Gasteiger partial charge is 0.294 e. The Balaban J connectivity index is 1.82. The summed E-state index contributed by atoms with van der Waals surface area (Å²) in [6.07, 6.45) is 3.60. The van der Waals surface area contributed by atoms with E-state index in [9.17, 15) is 9.59 Å². The molecular formula is C15H13N3O2. The molecule has 1 aliphatic rings. The van der Waals surface area contributed by atoms with Crippen LogP contribution in [0.1, 0.15) is 39.3 Å². The summed E-state index contributed by atoms with van der Waals surface area (Å²) in [5, 5.41) is 2.65. The molecule has 0 radical (unpaired) electrons. The molecule has 1 amide bonds. The molecule has 3 rings (SSSR count). The van der Waals surface area contributed by atoms with Gasteiger partial charge in [-0.25, -0.2) is 9.97 Å². The van der Waals surface area contributed by atoms with E-state index >= 15 is 0 Å². The van der Waals surface area contributed by atoms with E-state index in [0.717, 1.165) is 18.5 Å². The minimum absolute atomic E-state index is 0.0761. The van der Waals surface area contributed by atoms with Gasteiger partial charge in [-0.05, 0) is 25.0 Å². The van der Waals surface area contributed by atoms with E-state index in [1.165, 1.54) is 6.20 Å². The van der Waals surface area contributed by atoms with Gasteiger partial charge < -0.3 is 0 Å². The third kappa shape index (κ3) is 2.42. The predicted octanol–water partition coefficient (Wildman–Crippen LogP) is 2.25. The maximum absolute atomic E-state index is 12.0. The molecule has 1 aromatic carbocycles. The van der Waals surface area contributed by atoms with Crippen molar-refractivity contribution in [1.29, 1.82) is 0 Å². The van der Waals surface area contributed by atoms with Crippen molar-refractivity contribution in [2.75, 3.05) is 5.32 Å². The van der Waals surface area contributed by atoms with E-state index in [-0.39, 0.29) is 17.6 Å². The van der Waals surface area contributed by atoms with Gasteiger partial charge in [0.1, 0.15) is 0 Å². The van der Waals surface area contributed by atoms with Gasteiger partial charge in [0.25, 0.3) is 5.91 Å². The van der Waals surface area contributed by atoms with Gasteiger partial charge in [-0.1, -0.05) is 18.2 Å². The van der Waals surface area contributed by atoms with Crippen molar-refractivity contribution in [1.82, 2.24) is 9.97 Å². The van der Waals surface area contributed by atoms with E-state index in [1.807, 2.05) is 6.07 Å². The van der Waals surface area contributed by atoms with Crippen LogP contribution in [-0.2, 0) is 6.42 Å². The second-order valence-electron chi connectivity index (χ2n) is 4.65. The molecule has 1 heterocycles. The molecular weight excluding hydrogens is 254 g/mol. The summed E-state index contributed by atoms with van der Waals surface area (Å²) in [7, 11) is 0. The minimum atomic E-state index is -0.257. The normalized spacial score (nSPS) is 13.7. The quantitative estimate of drug-likeness (QED) is 0.905. The summed E-state index contributed by atoms with van der Waals surface area (Å²) in [6.45, 7) is 0. The first-order chi connectivity index (χ1) is 9.74. The van der Waals surface area contributed by atoms with E-state index in [0.29, 0.717) is 17.5 Å². The van der Waals surface area contributed by atoms with Crippen molar-refractivity contribution in [3.63, 3.8) is 0 Å². The fourth-order valence-electron chi connectivity index (χ4n) is 2.22. The maximum Gasteiger partial charge on any atom is 0.258 e. The Morgan fingerprint density at radius 3 is 2.75 bits per heavy atom. The highest BCUT2D eigenvalue weighted by Gasteiger charge is 2.19. The van der Waals surface area contributed by atoms with Crippen LogP contribution in [0.4, 0.5) is 5.95 Å². The van der Waals surface area contributed by atoms with Crippen molar-refractivity contribution >= 4 is 17.6 Å². The highest BCUT2D eigenvalue weighted by atomic mass is 16.1. The lowest BCUT2D eigenvalue weighted by Crippen LogP contribution is -2.18. The number of Topliss-reactive ketones (excluding diaryl/α,β-unsaturated/α-hetero) is 1. The minimum Gasteiger partial charge on any atom is -0.294 e. The molecule has 0 spiro atoms. The molecule has 0 atom stereocenters. The van der Waals surface area contributed by atoms with Crippen LogP contribution in [0.3, 0.4) is 0 Å². The van der Waals surface area contributed by atoms with Crippen molar-refractivity contribution < 1.29 is 9.59 Å². The lowest BCUT2D eigenvalue weighted by Gasteiger charge is -2.13. The number of fused-ring (bicyclic) bond motifs is 1. The zero-order valence-corrected chi connectivity index (χ0v) is 10.8. The molecule has 100 valence electrons. The van der Waals surface area contributed by atoms with Gasteiger partial charge in [-0.15, -0.1) is 0 Å². The zero-order chi connectivity index (χ0) is 13.9. The lowest BCUT2D eigenvalue weighted by atomic mass is 9.96. The van der Waals surface area contributed by atoms with Crippen LogP contribution in [0.15, 0.2) is 36.5 Å². The Bertz CT molecular complexity index is 668. The first kappa shape index (κ1) is 12.5. The third-order valence-electron chi connectivity index (χ3n) is 3.25. The number of ketones is 1. The van der Waals surface area contributed by atoms with Crippen LogP contribution in [0.5, 0.6) is 0 Å². The molecule has 0 saturated heterocycles. The van der Waals surface area contributed by atoms with Crippen molar-refractivity contribution in [2.24, 2.45) is 0 Å². The number of aromatic nitrogens is 2. The second-order valence-corrected chi connectivity index (χ2v) is 4.65. The van der Waals surface area contributed by atoms with E-state index < -0.39 is 0 Å². The van der Waals surface area contributed by atoms with Crippen molar-refractivity contribution in [3.8, 4) is 0 Å². The topological polar surface area (TPSA) is 72.0 Å². The Kier molecular flexibility index (Phi) is 3.25. The highest BCUT2D eigenvalue weighted by molar-refractivity contribution is 6.03.